The van der Waals surface area contributed by atoms with E-state index < -0.39 is 11.8 Å². The highest BCUT2D eigenvalue weighted by molar-refractivity contribution is 9.10. The molecule has 0 spiro atoms. The van der Waals surface area contributed by atoms with Gasteiger partial charge < -0.3 is 5.32 Å². The number of carbonyl (C=O) groups is 3. The van der Waals surface area contributed by atoms with E-state index in [0.29, 0.717) is 26.7 Å². The van der Waals surface area contributed by atoms with E-state index in [1.165, 1.54) is 11.3 Å². The molecule has 4 aromatic rings. The highest BCUT2D eigenvalue weighted by atomic mass is 79.9. The van der Waals surface area contributed by atoms with Crippen LogP contribution in [-0.2, 0) is 0 Å². The predicted molar refractivity (Wildman–Crippen MR) is 130 cm³/mol. The van der Waals surface area contributed by atoms with E-state index in [2.05, 4.69) is 32.1 Å². The maximum Gasteiger partial charge on any atom is 0.281 e. The van der Waals surface area contributed by atoms with Gasteiger partial charge in [0, 0.05) is 31.4 Å². The van der Waals surface area contributed by atoms with Gasteiger partial charge in [0.15, 0.2) is 0 Å². The highest BCUT2D eigenvalue weighted by Gasteiger charge is 2.18. The lowest BCUT2D eigenvalue weighted by Gasteiger charge is -2.08. The van der Waals surface area contributed by atoms with Crippen molar-refractivity contribution in [1.82, 2.24) is 10.9 Å². The molecule has 9 heteroatoms. The first-order valence-corrected chi connectivity index (χ1v) is 11.4. The van der Waals surface area contributed by atoms with Crippen LogP contribution in [0.4, 0.5) is 5.69 Å². The minimum Gasteiger partial charge on any atom is -0.322 e. The van der Waals surface area contributed by atoms with E-state index in [4.69, 9.17) is 11.6 Å². The van der Waals surface area contributed by atoms with E-state index in [1.807, 2.05) is 24.3 Å². The summed E-state index contributed by atoms with van der Waals surface area (Å²) in [5.41, 5.74) is 6.16. The van der Waals surface area contributed by atoms with Crippen LogP contribution >= 0.6 is 38.9 Å². The van der Waals surface area contributed by atoms with Crippen molar-refractivity contribution in [1.29, 1.82) is 0 Å². The van der Waals surface area contributed by atoms with Crippen molar-refractivity contribution in [2.24, 2.45) is 0 Å². The Kier molecular flexibility index (Phi) is 6.55. The van der Waals surface area contributed by atoms with Crippen LogP contribution < -0.4 is 16.2 Å². The highest BCUT2D eigenvalue weighted by Crippen LogP contribution is 2.36. The van der Waals surface area contributed by atoms with Crippen LogP contribution in [0.2, 0.25) is 5.02 Å². The number of fused-ring (bicyclic) bond motifs is 1. The Labute approximate surface area is 200 Å². The Morgan fingerprint density at radius 3 is 2.16 bits per heavy atom. The number of anilines is 1. The van der Waals surface area contributed by atoms with Crippen molar-refractivity contribution in [3.05, 3.63) is 98.3 Å². The van der Waals surface area contributed by atoms with Gasteiger partial charge in [-0.2, -0.15) is 0 Å². The lowest BCUT2D eigenvalue weighted by atomic mass is 10.1. The summed E-state index contributed by atoms with van der Waals surface area (Å²) in [5, 5.41) is 3.87. The first-order chi connectivity index (χ1) is 15.4. The fourth-order valence-electron chi connectivity index (χ4n) is 2.93. The summed E-state index contributed by atoms with van der Waals surface area (Å²) in [6.07, 6.45) is 0. The second-order valence-corrected chi connectivity index (χ2v) is 9.04. The van der Waals surface area contributed by atoms with Crippen molar-refractivity contribution in [3.63, 3.8) is 0 Å². The lowest BCUT2D eigenvalue weighted by molar-refractivity contribution is 0.0849. The molecule has 6 nitrogen and oxygen atoms in total. The number of hydrazine groups is 1. The van der Waals surface area contributed by atoms with Crippen LogP contribution in [-0.4, -0.2) is 17.7 Å². The molecule has 0 unspecified atom stereocenters. The number of benzene rings is 3. The van der Waals surface area contributed by atoms with Crippen LogP contribution in [0.3, 0.4) is 0 Å². The topological polar surface area (TPSA) is 87.3 Å². The molecule has 0 atom stereocenters. The van der Waals surface area contributed by atoms with E-state index in [1.54, 1.807) is 48.5 Å². The molecule has 1 aromatic heterocycles. The zero-order chi connectivity index (χ0) is 22.7. The summed E-state index contributed by atoms with van der Waals surface area (Å²) in [6, 6.07) is 20.7. The maximum absolute atomic E-state index is 12.5. The van der Waals surface area contributed by atoms with Gasteiger partial charge in [-0.15, -0.1) is 11.3 Å². The fourth-order valence-corrected chi connectivity index (χ4v) is 4.89. The zero-order valence-electron chi connectivity index (χ0n) is 16.3. The summed E-state index contributed by atoms with van der Waals surface area (Å²) < 4.78 is 1.74. The Hall–Kier alpha value is -3.20. The zero-order valence-corrected chi connectivity index (χ0v) is 19.5. The average molecular weight is 529 g/mol. The van der Waals surface area contributed by atoms with Gasteiger partial charge in [-0.25, -0.2) is 0 Å². The Morgan fingerprint density at radius 1 is 0.781 bits per heavy atom. The second kappa shape index (κ2) is 9.52. The predicted octanol–water partition coefficient (Wildman–Crippen LogP) is 5.64. The molecule has 3 amide bonds. The van der Waals surface area contributed by atoms with Gasteiger partial charge in [0.2, 0.25) is 0 Å². The van der Waals surface area contributed by atoms with Crippen molar-refractivity contribution in [3.8, 4) is 0 Å². The molecule has 1 heterocycles. The third-order valence-electron chi connectivity index (χ3n) is 4.53. The third kappa shape index (κ3) is 4.83. The number of hydrogen-bond acceptors (Lipinski definition) is 4. The molecule has 0 saturated carbocycles. The molecular formula is C23H15BrClN3O3S. The van der Waals surface area contributed by atoms with Gasteiger partial charge in [0.1, 0.15) is 4.88 Å². The van der Waals surface area contributed by atoms with Gasteiger partial charge in [-0.1, -0.05) is 51.8 Å². The first-order valence-electron chi connectivity index (χ1n) is 9.37. The number of hydrogen-bond donors (Lipinski definition) is 3. The SMILES string of the molecule is O=C(NNC(=O)c1sc2cc(Br)ccc2c1Cl)c1ccc(NC(=O)c2ccccc2)cc1. The molecule has 0 aliphatic rings. The summed E-state index contributed by atoms with van der Waals surface area (Å²) in [4.78, 5) is 37.4. The molecule has 0 aliphatic heterocycles. The standard InChI is InChI=1S/C23H15BrClN3O3S/c24-15-8-11-17-18(12-15)32-20(19(17)25)23(31)28-27-22(30)14-6-9-16(10-7-14)26-21(29)13-4-2-1-3-5-13/h1-12H,(H,26,29)(H,27,30)(H,28,31). The quantitative estimate of drug-likeness (QED) is 0.299. The molecule has 4 rings (SSSR count). The Bertz CT molecular complexity index is 1320. The molecule has 160 valence electrons. The minimum absolute atomic E-state index is 0.248. The Morgan fingerprint density at radius 2 is 1.44 bits per heavy atom. The number of thiophene rings is 1. The average Bonchev–Trinajstić information content (AvgIpc) is 3.13. The van der Waals surface area contributed by atoms with Crippen LogP contribution in [0.5, 0.6) is 0 Å². The van der Waals surface area contributed by atoms with Crippen LogP contribution in [0.25, 0.3) is 10.1 Å². The number of halogens is 2. The molecule has 32 heavy (non-hydrogen) atoms. The largest absolute Gasteiger partial charge is 0.322 e. The number of carbonyl (C=O) groups excluding carboxylic acids is 3. The van der Waals surface area contributed by atoms with Gasteiger partial charge in [0.05, 0.1) is 5.02 Å². The molecule has 0 radical (unpaired) electrons. The summed E-state index contributed by atoms with van der Waals surface area (Å²) in [7, 11) is 0. The monoisotopic (exact) mass is 527 g/mol. The van der Waals surface area contributed by atoms with Crippen molar-refractivity contribution >= 4 is 72.4 Å². The smallest absolute Gasteiger partial charge is 0.281 e. The Balaban J connectivity index is 1.37. The van der Waals surface area contributed by atoms with Crippen molar-refractivity contribution < 1.29 is 14.4 Å². The molecule has 0 bridgehead atoms. The van der Waals surface area contributed by atoms with Crippen LogP contribution in [0, 0.1) is 0 Å². The van der Waals surface area contributed by atoms with Crippen LogP contribution in [0.1, 0.15) is 30.4 Å². The first kappa shape index (κ1) is 22.0. The fraction of sp³-hybridized carbons (Fsp3) is 0. The second-order valence-electron chi connectivity index (χ2n) is 6.69. The molecule has 3 N–H and O–H groups in total. The van der Waals surface area contributed by atoms with Gasteiger partial charge in [0.25, 0.3) is 17.7 Å². The number of amides is 3. The van der Waals surface area contributed by atoms with E-state index in [-0.39, 0.29) is 5.91 Å². The third-order valence-corrected chi connectivity index (χ3v) is 6.68. The lowest BCUT2D eigenvalue weighted by Crippen LogP contribution is -2.41. The summed E-state index contributed by atoms with van der Waals surface area (Å²) in [5.74, 6) is -1.26. The maximum atomic E-state index is 12.5. The molecule has 0 saturated heterocycles. The minimum atomic E-state index is -0.507. The van der Waals surface area contributed by atoms with E-state index in [0.717, 1.165) is 14.6 Å². The summed E-state index contributed by atoms with van der Waals surface area (Å²) in [6.45, 7) is 0. The molecule has 0 aliphatic carbocycles. The van der Waals surface area contributed by atoms with E-state index in [9.17, 15) is 14.4 Å². The van der Waals surface area contributed by atoms with Crippen molar-refractivity contribution in [2.45, 2.75) is 0 Å². The number of rotatable bonds is 4. The van der Waals surface area contributed by atoms with Gasteiger partial charge >= 0.3 is 0 Å². The summed E-state index contributed by atoms with van der Waals surface area (Å²) >= 11 is 11.0. The normalized spacial score (nSPS) is 10.6. The van der Waals surface area contributed by atoms with E-state index >= 15 is 0 Å². The molecule has 0 fully saturated rings. The molecule has 3 aromatic carbocycles. The van der Waals surface area contributed by atoms with Crippen LogP contribution in [0.15, 0.2) is 77.3 Å². The van der Waals surface area contributed by atoms with Gasteiger partial charge in [-0.3, -0.25) is 25.2 Å². The van der Waals surface area contributed by atoms with Gasteiger partial charge in [-0.05, 0) is 48.5 Å². The van der Waals surface area contributed by atoms with Crippen molar-refractivity contribution in [2.75, 3.05) is 5.32 Å². The number of nitrogens with one attached hydrogen (secondary N) is 3. The molecular weight excluding hydrogens is 514 g/mol.